The van der Waals surface area contributed by atoms with E-state index in [1.165, 1.54) is 5.56 Å². The maximum atomic E-state index is 11.3. The molecule has 0 amide bonds. The maximum absolute atomic E-state index is 11.3. The SMILES string of the molecule is Nc1c(NCCCOc2cccc(CC3CC=CCN3)c2)c(=O)c1=O. The zero-order valence-corrected chi connectivity index (χ0v) is 14.1. The largest absolute Gasteiger partial charge is 0.494 e. The van der Waals surface area contributed by atoms with E-state index >= 15 is 0 Å². The molecule has 0 aromatic heterocycles. The summed E-state index contributed by atoms with van der Waals surface area (Å²) >= 11 is 0. The Bertz CT molecular complexity index is 822. The van der Waals surface area contributed by atoms with Crippen molar-refractivity contribution in [2.75, 3.05) is 30.7 Å². The van der Waals surface area contributed by atoms with Gasteiger partial charge in [-0.15, -0.1) is 0 Å². The normalized spacial score (nSPS) is 16.9. The lowest BCUT2D eigenvalue weighted by Crippen LogP contribution is -2.37. The monoisotopic (exact) mass is 341 g/mol. The van der Waals surface area contributed by atoms with Crippen LogP contribution in [0.1, 0.15) is 18.4 Å². The fourth-order valence-corrected chi connectivity index (χ4v) is 2.92. The molecule has 1 unspecified atom stereocenters. The Hall–Kier alpha value is -2.60. The van der Waals surface area contributed by atoms with Gasteiger partial charge in [0.1, 0.15) is 17.1 Å². The van der Waals surface area contributed by atoms with Crippen LogP contribution in [0.5, 0.6) is 5.75 Å². The first-order valence-corrected chi connectivity index (χ1v) is 8.58. The minimum absolute atomic E-state index is 0.0322. The minimum atomic E-state index is -0.599. The van der Waals surface area contributed by atoms with Gasteiger partial charge < -0.3 is 21.1 Å². The van der Waals surface area contributed by atoms with Crippen LogP contribution in [0.3, 0.4) is 0 Å². The average Bonchev–Trinajstić information content (AvgIpc) is 2.65. The Kier molecular flexibility index (Phi) is 5.50. The molecule has 2 aromatic carbocycles. The Morgan fingerprint density at radius 2 is 2.12 bits per heavy atom. The van der Waals surface area contributed by atoms with Gasteiger partial charge in [-0.1, -0.05) is 24.3 Å². The van der Waals surface area contributed by atoms with E-state index in [-0.39, 0.29) is 11.4 Å². The van der Waals surface area contributed by atoms with Crippen LogP contribution >= 0.6 is 0 Å². The van der Waals surface area contributed by atoms with Crippen molar-refractivity contribution >= 4 is 11.4 Å². The molecule has 132 valence electrons. The molecule has 0 bridgehead atoms. The standard InChI is InChI=1S/C19H23N3O3/c20-16-17(19(24)18(16)23)22-9-4-10-25-15-7-3-5-13(12-15)11-14-6-1-2-8-21-14/h1-3,5,7,12,14,21-22H,4,6,8-11,20H2. The van der Waals surface area contributed by atoms with Gasteiger partial charge in [0, 0.05) is 19.1 Å². The third-order valence-corrected chi connectivity index (χ3v) is 4.33. The van der Waals surface area contributed by atoms with Crippen LogP contribution < -0.4 is 32.0 Å². The number of benzene rings is 1. The van der Waals surface area contributed by atoms with Crippen LogP contribution in [-0.4, -0.2) is 25.7 Å². The van der Waals surface area contributed by atoms with Gasteiger partial charge in [-0.2, -0.15) is 0 Å². The molecule has 25 heavy (non-hydrogen) atoms. The summed E-state index contributed by atoms with van der Waals surface area (Å²) in [4.78, 5) is 22.3. The van der Waals surface area contributed by atoms with E-state index in [1.54, 1.807) is 0 Å². The van der Waals surface area contributed by atoms with Crippen LogP contribution in [0, 0.1) is 0 Å². The van der Waals surface area contributed by atoms with E-state index in [4.69, 9.17) is 10.5 Å². The van der Waals surface area contributed by atoms with Crippen LogP contribution in [0.2, 0.25) is 0 Å². The molecule has 0 aliphatic carbocycles. The molecule has 2 aromatic rings. The van der Waals surface area contributed by atoms with Crippen molar-refractivity contribution in [2.24, 2.45) is 0 Å². The number of nitrogens with one attached hydrogen (secondary N) is 2. The number of anilines is 2. The summed E-state index contributed by atoms with van der Waals surface area (Å²) in [6, 6.07) is 8.61. The van der Waals surface area contributed by atoms with Crippen molar-refractivity contribution in [1.29, 1.82) is 0 Å². The molecule has 0 saturated heterocycles. The lowest BCUT2D eigenvalue weighted by atomic mass is 10.0. The minimum Gasteiger partial charge on any atom is -0.494 e. The van der Waals surface area contributed by atoms with Gasteiger partial charge >= 0.3 is 0 Å². The summed E-state index contributed by atoms with van der Waals surface area (Å²) in [7, 11) is 0. The lowest BCUT2D eigenvalue weighted by Gasteiger charge is -2.20. The molecule has 3 rings (SSSR count). The van der Waals surface area contributed by atoms with Gasteiger partial charge in [-0.3, -0.25) is 9.59 Å². The second kappa shape index (κ2) is 7.98. The molecule has 0 spiro atoms. The van der Waals surface area contributed by atoms with E-state index in [9.17, 15) is 9.59 Å². The molecule has 4 N–H and O–H groups in total. The Labute approximate surface area is 146 Å². The quantitative estimate of drug-likeness (QED) is 0.380. The maximum Gasteiger partial charge on any atom is 0.253 e. The first-order chi connectivity index (χ1) is 12.1. The van der Waals surface area contributed by atoms with Gasteiger partial charge in [-0.25, -0.2) is 0 Å². The summed E-state index contributed by atoms with van der Waals surface area (Å²) in [5, 5.41) is 6.37. The Balaban J connectivity index is 1.41. The number of nitrogen functional groups attached to an aromatic ring is 1. The van der Waals surface area contributed by atoms with Gasteiger partial charge in [-0.05, 0) is 37.0 Å². The van der Waals surface area contributed by atoms with E-state index in [0.717, 1.165) is 25.1 Å². The Morgan fingerprint density at radius 3 is 2.88 bits per heavy atom. The van der Waals surface area contributed by atoms with Crippen molar-refractivity contribution in [1.82, 2.24) is 5.32 Å². The molecule has 6 heteroatoms. The first-order valence-electron chi connectivity index (χ1n) is 8.58. The average molecular weight is 341 g/mol. The summed E-state index contributed by atoms with van der Waals surface area (Å²) < 4.78 is 5.77. The molecular formula is C19H23N3O3. The summed E-state index contributed by atoms with van der Waals surface area (Å²) in [6.07, 6.45) is 7.11. The molecular weight excluding hydrogens is 318 g/mol. The molecule has 1 heterocycles. The number of rotatable bonds is 8. The second-order valence-electron chi connectivity index (χ2n) is 6.24. The Morgan fingerprint density at radius 1 is 1.24 bits per heavy atom. The highest BCUT2D eigenvalue weighted by molar-refractivity contribution is 5.71. The van der Waals surface area contributed by atoms with Crippen LogP contribution in [0.4, 0.5) is 11.4 Å². The number of nitrogens with two attached hydrogens (primary N) is 1. The highest BCUT2D eigenvalue weighted by Gasteiger charge is 2.16. The highest BCUT2D eigenvalue weighted by Crippen LogP contribution is 2.17. The molecule has 1 atom stereocenters. The summed E-state index contributed by atoms with van der Waals surface area (Å²) in [5.41, 5.74) is 5.85. The van der Waals surface area contributed by atoms with Gasteiger partial charge in [0.25, 0.3) is 10.9 Å². The number of ether oxygens (including phenoxy) is 1. The zero-order valence-electron chi connectivity index (χ0n) is 14.1. The first kappa shape index (κ1) is 17.2. The molecule has 1 aliphatic rings. The van der Waals surface area contributed by atoms with Crippen molar-refractivity contribution in [3.05, 3.63) is 62.4 Å². The van der Waals surface area contributed by atoms with E-state index in [2.05, 4.69) is 34.9 Å². The van der Waals surface area contributed by atoms with E-state index in [0.29, 0.717) is 25.6 Å². The molecule has 0 fully saturated rings. The van der Waals surface area contributed by atoms with Crippen molar-refractivity contribution in [3.8, 4) is 5.75 Å². The summed E-state index contributed by atoms with van der Waals surface area (Å²) in [6.45, 7) is 1.99. The van der Waals surface area contributed by atoms with Crippen LogP contribution in [0.25, 0.3) is 0 Å². The predicted molar refractivity (Wildman–Crippen MR) is 100 cm³/mol. The molecule has 6 nitrogen and oxygen atoms in total. The third kappa shape index (κ3) is 4.28. The van der Waals surface area contributed by atoms with Crippen molar-refractivity contribution < 1.29 is 4.74 Å². The fraction of sp³-hybridized carbons (Fsp3) is 0.368. The van der Waals surface area contributed by atoms with Crippen molar-refractivity contribution in [3.63, 3.8) is 0 Å². The predicted octanol–water partition coefficient (Wildman–Crippen LogP) is 1.21. The molecule has 1 aliphatic heterocycles. The van der Waals surface area contributed by atoms with Crippen molar-refractivity contribution in [2.45, 2.75) is 25.3 Å². The van der Waals surface area contributed by atoms with Crippen LogP contribution in [-0.2, 0) is 6.42 Å². The topological polar surface area (TPSA) is 93.4 Å². The van der Waals surface area contributed by atoms with E-state index in [1.807, 2.05) is 12.1 Å². The smallest absolute Gasteiger partial charge is 0.253 e. The lowest BCUT2D eigenvalue weighted by molar-refractivity contribution is 0.314. The highest BCUT2D eigenvalue weighted by atomic mass is 16.5. The third-order valence-electron chi connectivity index (χ3n) is 4.33. The summed E-state index contributed by atoms with van der Waals surface area (Å²) in [5.74, 6) is 0.845. The molecule has 0 radical (unpaired) electrons. The number of hydrogen-bond donors (Lipinski definition) is 3. The van der Waals surface area contributed by atoms with Gasteiger partial charge in [0.05, 0.1) is 6.61 Å². The van der Waals surface area contributed by atoms with E-state index < -0.39 is 10.9 Å². The van der Waals surface area contributed by atoms with Crippen LogP contribution in [0.15, 0.2) is 46.0 Å². The second-order valence-corrected chi connectivity index (χ2v) is 6.24. The van der Waals surface area contributed by atoms with Gasteiger partial charge in [0.15, 0.2) is 0 Å². The fourth-order valence-electron chi connectivity index (χ4n) is 2.92. The van der Waals surface area contributed by atoms with Gasteiger partial charge in [0.2, 0.25) is 0 Å². The molecule has 0 saturated carbocycles. The number of hydrogen-bond acceptors (Lipinski definition) is 6. The zero-order chi connectivity index (χ0) is 17.6.